The molecule has 5 rings (SSSR count). The summed E-state index contributed by atoms with van der Waals surface area (Å²) in [6.45, 7) is 0. The number of imide groups is 1. The van der Waals surface area contributed by atoms with Crippen molar-refractivity contribution in [2.75, 3.05) is 5.73 Å². The van der Waals surface area contributed by atoms with Crippen molar-refractivity contribution < 1.29 is 9.59 Å². The van der Waals surface area contributed by atoms with Gasteiger partial charge < -0.3 is 0 Å². The van der Waals surface area contributed by atoms with Crippen LogP contribution in [0, 0.1) is 0 Å². The predicted molar refractivity (Wildman–Crippen MR) is 105 cm³/mol. The number of nitrogen functional groups attached to an aromatic ring is 1. The molecule has 3 heterocycles. The molecule has 2 aromatic carbocycles. The molecule has 4 nitrogen and oxygen atoms in total. The predicted octanol–water partition coefficient (Wildman–Crippen LogP) is 2.47. The Hall–Kier alpha value is -1.37. The third-order valence-electron chi connectivity index (χ3n) is 5.15. The maximum absolute atomic E-state index is 12.3. The molecule has 0 radical (unpaired) electrons. The van der Waals surface area contributed by atoms with Crippen LogP contribution in [0.1, 0.15) is 20.4 Å². The van der Waals surface area contributed by atoms with Crippen LogP contribution in [0.5, 0.6) is 0 Å². The Labute approximate surface area is 163 Å². The number of rotatable bonds is 2. The molecule has 2 aromatic rings. The Bertz CT molecular complexity index is 945. The van der Waals surface area contributed by atoms with Crippen LogP contribution in [-0.4, -0.2) is 37.8 Å². The van der Waals surface area contributed by atoms with Crippen LogP contribution in [0.2, 0.25) is 0 Å². The van der Waals surface area contributed by atoms with E-state index >= 15 is 0 Å². The SMILES string of the molecule is Cl.Nc1ccc([C]2=Cc3c4ccc[c]3[In]2[CH]4C2SC(=O)NC2=O)cc1. The second kappa shape index (κ2) is 6.11. The Morgan fingerprint density at radius 3 is 2.48 bits per heavy atom. The number of anilines is 1. The van der Waals surface area contributed by atoms with Crippen LogP contribution in [-0.2, 0) is 4.79 Å². The Morgan fingerprint density at radius 2 is 1.84 bits per heavy atom. The van der Waals surface area contributed by atoms with Gasteiger partial charge in [0.2, 0.25) is 0 Å². The van der Waals surface area contributed by atoms with Gasteiger partial charge in [0.05, 0.1) is 0 Å². The second-order valence-corrected chi connectivity index (χ2v) is 15.8. The Kier molecular flexibility index (Phi) is 4.17. The molecule has 7 heteroatoms. The summed E-state index contributed by atoms with van der Waals surface area (Å²) in [4.78, 5) is 24.0. The van der Waals surface area contributed by atoms with Crippen LogP contribution >= 0.6 is 24.2 Å². The summed E-state index contributed by atoms with van der Waals surface area (Å²) in [5, 5.41) is 1.98. The topological polar surface area (TPSA) is 72.2 Å². The summed E-state index contributed by atoms with van der Waals surface area (Å²) in [6.07, 6.45) is 2.31. The molecule has 124 valence electrons. The molecule has 4 bridgehead atoms. The molecular weight excluding hydrogens is 459 g/mol. The molecule has 0 saturated carbocycles. The zero-order valence-corrected chi connectivity index (χ0v) is 18.0. The molecule has 2 unspecified atom stereocenters. The van der Waals surface area contributed by atoms with E-state index in [1.807, 2.05) is 12.1 Å². The average molecular weight is 473 g/mol. The van der Waals surface area contributed by atoms with Gasteiger partial charge in [-0.25, -0.2) is 0 Å². The molecular formula is C18H14ClInN2O2S. The van der Waals surface area contributed by atoms with Gasteiger partial charge in [0.25, 0.3) is 0 Å². The molecule has 3 aliphatic heterocycles. The van der Waals surface area contributed by atoms with Crippen molar-refractivity contribution >= 4 is 75.2 Å². The quantitative estimate of drug-likeness (QED) is 0.659. The van der Waals surface area contributed by atoms with Crippen LogP contribution in [0.4, 0.5) is 10.5 Å². The monoisotopic (exact) mass is 472 g/mol. The van der Waals surface area contributed by atoms with Gasteiger partial charge in [-0.1, -0.05) is 0 Å². The first-order valence-corrected chi connectivity index (χ1v) is 13.9. The van der Waals surface area contributed by atoms with Gasteiger partial charge in [0, 0.05) is 0 Å². The van der Waals surface area contributed by atoms with Crippen molar-refractivity contribution in [3.05, 3.63) is 59.2 Å². The van der Waals surface area contributed by atoms with E-state index in [0.29, 0.717) is 0 Å². The third-order valence-corrected chi connectivity index (χ3v) is 17.9. The minimum absolute atomic E-state index is 0. The summed E-state index contributed by atoms with van der Waals surface area (Å²) in [5.41, 5.74) is 10.4. The number of halogens is 1. The zero-order chi connectivity index (χ0) is 16.4. The van der Waals surface area contributed by atoms with Crippen molar-refractivity contribution in [1.82, 2.24) is 5.32 Å². The van der Waals surface area contributed by atoms with Gasteiger partial charge in [0.15, 0.2) is 0 Å². The van der Waals surface area contributed by atoms with Crippen molar-refractivity contribution in [2.45, 2.75) is 8.92 Å². The number of hydrogen-bond acceptors (Lipinski definition) is 4. The average Bonchev–Trinajstić information content (AvgIpc) is 3.15. The Morgan fingerprint density at radius 1 is 1.08 bits per heavy atom. The van der Waals surface area contributed by atoms with E-state index in [4.69, 9.17) is 5.73 Å². The molecule has 2 amide bonds. The first kappa shape index (κ1) is 17.1. The fourth-order valence-corrected chi connectivity index (χ4v) is 18.4. The standard InChI is InChI=1S/C18H13N2O2S.ClH.In/c19-15-9-6-12(7-10-15)5-8-13-3-1-2-4-14(13)11-16-17(21)20-18(22)23-16;;/h1-2,4,6-11,16H,19H2,(H,20,21,22);1H;. The molecule has 25 heavy (non-hydrogen) atoms. The van der Waals surface area contributed by atoms with E-state index in [1.54, 1.807) is 0 Å². The van der Waals surface area contributed by atoms with Gasteiger partial charge >= 0.3 is 151 Å². The molecule has 3 N–H and O–H groups in total. The summed E-state index contributed by atoms with van der Waals surface area (Å²) in [5.74, 6) is -0.122. The van der Waals surface area contributed by atoms with Crippen molar-refractivity contribution in [3.63, 3.8) is 0 Å². The summed E-state index contributed by atoms with van der Waals surface area (Å²) >= 11 is -1.28. The number of nitrogens with one attached hydrogen (secondary N) is 1. The molecule has 0 aliphatic carbocycles. The van der Waals surface area contributed by atoms with E-state index in [1.165, 1.54) is 35.1 Å². The van der Waals surface area contributed by atoms with Crippen LogP contribution in [0.3, 0.4) is 0 Å². The summed E-state index contributed by atoms with van der Waals surface area (Å²) in [7, 11) is 0. The number of carbonyl (C=O) groups is 2. The molecule has 0 aromatic heterocycles. The molecule has 0 spiro atoms. The number of carbonyl (C=O) groups excluding carboxylic acids is 2. The Balaban J connectivity index is 0.00000157. The van der Waals surface area contributed by atoms with Gasteiger partial charge in [-0.15, -0.1) is 12.4 Å². The van der Waals surface area contributed by atoms with Crippen molar-refractivity contribution in [2.24, 2.45) is 0 Å². The first-order chi connectivity index (χ1) is 11.6. The van der Waals surface area contributed by atoms with E-state index < -0.39 is 21.4 Å². The molecule has 1 saturated heterocycles. The maximum atomic E-state index is 12.3. The number of nitrogens with two attached hydrogens (primary N) is 1. The number of benzene rings is 2. The fraction of sp³-hybridized carbons (Fsp3) is 0.111. The van der Waals surface area contributed by atoms with Crippen LogP contribution in [0.15, 0.2) is 42.5 Å². The minimum atomic E-state index is -2.45. The molecule has 2 atom stereocenters. The molecule has 3 aliphatic rings. The van der Waals surface area contributed by atoms with E-state index in [-0.39, 0.29) is 32.5 Å². The zero-order valence-electron chi connectivity index (χ0n) is 13.1. The van der Waals surface area contributed by atoms with Gasteiger partial charge in [0.1, 0.15) is 0 Å². The number of hydrogen-bond donors (Lipinski definition) is 2. The third kappa shape index (κ3) is 2.46. The fourth-order valence-electron chi connectivity index (χ4n) is 4.19. The summed E-state index contributed by atoms with van der Waals surface area (Å²) < 4.78 is 3.11. The normalized spacial score (nSPS) is 22.7. The van der Waals surface area contributed by atoms with Crippen LogP contribution < -0.4 is 14.4 Å². The van der Waals surface area contributed by atoms with Gasteiger partial charge in [-0.05, 0) is 0 Å². The van der Waals surface area contributed by atoms with Gasteiger partial charge in [-0.3, -0.25) is 0 Å². The number of amides is 2. The van der Waals surface area contributed by atoms with Gasteiger partial charge in [-0.2, -0.15) is 0 Å². The second-order valence-electron chi connectivity index (χ2n) is 6.39. The van der Waals surface area contributed by atoms with E-state index in [2.05, 4.69) is 41.7 Å². The number of thioether (sulfide) groups is 1. The van der Waals surface area contributed by atoms with Crippen molar-refractivity contribution in [1.29, 1.82) is 0 Å². The van der Waals surface area contributed by atoms with Crippen molar-refractivity contribution in [3.8, 4) is 0 Å². The summed E-state index contributed by atoms with van der Waals surface area (Å²) in [6, 6.07) is 14.5. The van der Waals surface area contributed by atoms with E-state index in [0.717, 1.165) is 5.69 Å². The van der Waals surface area contributed by atoms with E-state index in [9.17, 15) is 9.59 Å². The first-order valence-electron chi connectivity index (χ1n) is 7.85. The van der Waals surface area contributed by atoms with Crippen LogP contribution in [0.25, 0.3) is 9.41 Å². The molecule has 1 fully saturated rings.